The molecule has 1 amide bonds. The lowest BCUT2D eigenvalue weighted by Crippen LogP contribution is -2.37. The number of nitrogens with one attached hydrogen (secondary N) is 1. The van der Waals surface area contributed by atoms with Gasteiger partial charge in [0.2, 0.25) is 5.91 Å². The summed E-state index contributed by atoms with van der Waals surface area (Å²) in [6.45, 7) is 4.92. The molecule has 41 heavy (non-hydrogen) atoms. The minimum Gasteiger partial charge on any atom is -0.493 e. The zero-order chi connectivity index (χ0) is 28.3. The molecule has 212 valence electrons. The third kappa shape index (κ3) is 6.09. The topological polar surface area (TPSA) is 81.5 Å². The van der Waals surface area contributed by atoms with Crippen molar-refractivity contribution in [2.24, 2.45) is 5.92 Å². The number of methoxy groups -OCH3 is 1. The molecular formula is C32H34ClN5O3. The van der Waals surface area contributed by atoms with Gasteiger partial charge in [0.1, 0.15) is 18.3 Å². The predicted octanol–water partition coefficient (Wildman–Crippen LogP) is 5.77. The summed E-state index contributed by atoms with van der Waals surface area (Å²) in [5, 5.41) is 12.4. The van der Waals surface area contributed by atoms with Gasteiger partial charge < -0.3 is 14.8 Å². The van der Waals surface area contributed by atoms with Gasteiger partial charge in [0.05, 0.1) is 12.8 Å². The maximum absolute atomic E-state index is 13.1. The highest BCUT2D eigenvalue weighted by molar-refractivity contribution is 6.30. The zero-order valence-corrected chi connectivity index (χ0v) is 24.2. The molecule has 2 aliphatic heterocycles. The second kappa shape index (κ2) is 11.9. The molecule has 2 aliphatic rings. The van der Waals surface area contributed by atoms with Crippen molar-refractivity contribution in [2.45, 2.75) is 45.8 Å². The lowest BCUT2D eigenvalue weighted by Gasteiger charge is -2.31. The van der Waals surface area contributed by atoms with E-state index in [-0.39, 0.29) is 11.8 Å². The minimum absolute atomic E-state index is 0.00535. The lowest BCUT2D eigenvalue weighted by atomic mass is 9.95. The van der Waals surface area contributed by atoms with Gasteiger partial charge in [-0.05, 0) is 98.4 Å². The number of rotatable bonds is 8. The Bertz CT molecular complexity index is 1560. The number of nitrogens with zero attached hydrogens (tertiary/aromatic N) is 4. The fourth-order valence-electron chi connectivity index (χ4n) is 5.78. The largest absolute Gasteiger partial charge is 0.493 e. The molecule has 4 aromatic rings. The number of carbonyl (C=O) groups is 1. The van der Waals surface area contributed by atoms with Crippen molar-refractivity contribution in [1.82, 2.24) is 19.7 Å². The Kier molecular flexibility index (Phi) is 7.94. The van der Waals surface area contributed by atoms with E-state index < -0.39 is 0 Å². The van der Waals surface area contributed by atoms with Crippen LogP contribution in [0.25, 0.3) is 5.69 Å². The standard InChI is InChI=1S/C32H34ClN5O3/c1-21-35-36-31-11-7-25-18-27(8-9-28(25)38(21)31)34-32(39)24-12-14-37(15-13-24)19-22-6-10-29(30(17-22)40-2)41-20-23-4-3-5-26(33)16-23/h3-6,8-10,16-18,24H,7,11-15,19-20H2,1-2H3,(H,34,39). The summed E-state index contributed by atoms with van der Waals surface area (Å²) < 4.78 is 13.7. The third-order valence-electron chi connectivity index (χ3n) is 7.97. The van der Waals surface area contributed by atoms with E-state index in [1.54, 1.807) is 7.11 Å². The molecule has 9 heteroatoms. The SMILES string of the molecule is COc1cc(CN2CCC(C(=O)Nc3ccc4c(c3)CCc3nnc(C)n3-4)CC2)ccc1OCc1cccc(Cl)c1. The molecule has 0 atom stereocenters. The molecule has 0 bridgehead atoms. The Hall–Kier alpha value is -3.88. The van der Waals surface area contributed by atoms with Crippen LogP contribution < -0.4 is 14.8 Å². The molecule has 0 unspecified atom stereocenters. The van der Waals surface area contributed by atoms with Crippen molar-refractivity contribution in [3.05, 3.63) is 94.0 Å². The fourth-order valence-corrected chi connectivity index (χ4v) is 6.00. The number of hydrogen-bond donors (Lipinski definition) is 1. The van der Waals surface area contributed by atoms with Crippen LogP contribution in [0.3, 0.4) is 0 Å². The number of hydrogen-bond acceptors (Lipinski definition) is 6. The van der Waals surface area contributed by atoms with E-state index in [0.29, 0.717) is 23.1 Å². The Morgan fingerprint density at radius 2 is 1.85 bits per heavy atom. The first-order valence-corrected chi connectivity index (χ1v) is 14.5. The van der Waals surface area contributed by atoms with E-state index in [1.165, 1.54) is 5.56 Å². The molecule has 1 N–H and O–H groups in total. The normalized spacial score (nSPS) is 15.2. The van der Waals surface area contributed by atoms with E-state index in [4.69, 9.17) is 21.1 Å². The highest BCUT2D eigenvalue weighted by Crippen LogP contribution is 2.31. The average Bonchev–Trinajstić information content (AvgIpc) is 3.37. The van der Waals surface area contributed by atoms with Crippen LogP contribution in [0.15, 0.2) is 60.7 Å². The summed E-state index contributed by atoms with van der Waals surface area (Å²) in [5.74, 6) is 3.40. The fraction of sp³-hybridized carbons (Fsp3) is 0.344. The number of halogens is 1. The third-order valence-corrected chi connectivity index (χ3v) is 8.21. The minimum atomic E-state index is 0.00535. The summed E-state index contributed by atoms with van der Waals surface area (Å²) in [4.78, 5) is 15.5. The van der Waals surface area contributed by atoms with Gasteiger partial charge in [-0.2, -0.15) is 0 Å². The number of ether oxygens (including phenoxy) is 2. The molecule has 1 saturated heterocycles. The average molecular weight is 572 g/mol. The quantitative estimate of drug-likeness (QED) is 0.289. The molecule has 8 nitrogen and oxygen atoms in total. The Morgan fingerprint density at radius 3 is 2.66 bits per heavy atom. The van der Waals surface area contributed by atoms with Crippen molar-refractivity contribution in [3.8, 4) is 17.2 Å². The van der Waals surface area contributed by atoms with Crippen LogP contribution in [0.1, 0.15) is 41.2 Å². The second-order valence-electron chi connectivity index (χ2n) is 10.8. The van der Waals surface area contributed by atoms with Crippen LogP contribution in [0.4, 0.5) is 5.69 Å². The predicted molar refractivity (Wildman–Crippen MR) is 159 cm³/mol. The number of piperidine rings is 1. The number of benzene rings is 3. The number of fused-ring (bicyclic) bond motifs is 3. The molecular weight excluding hydrogens is 538 g/mol. The van der Waals surface area contributed by atoms with Gasteiger partial charge in [-0.3, -0.25) is 14.3 Å². The smallest absolute Gasteiger partial charge is 0.227 e. The van der Waals surface area contributed by atoms with Gasteiger partial charge >= 0.3 is 0 Å². The van der Waals surface area contributed by atoms with Gasteiger partial charge in [0.25, 0.3) is 0 Å². The molecule has 0 spiro atoms. The van der Waals surface area contributed by atoms with Gasteiger partial charge in [0, 0.05) is 29.6 Å². The number of aryl methyl sites for hydroxylation is 3. The van der Waals surface area contributed by atoms with E-state index in [1.807, 2.05) is 49.4 Å². The highest BCUT2D eigenvalue weighted by Gasteiger charge is 2.26. The molecule has 0 aliphatic carbocycles. The van der Waals surface area contributed by atoms with Crippen LogP contribution in [0, 0.1) is 12.8 Å². The molecule has 3 aromatic carbocycles. The van der Waals surface area contributed by atoms with E-state index in [2.05, 4.69) is 43.2 Å². The Morgan fingerprint density at radius 1 is 1.00 bits per heavy atom. The highest BCUT2D eigenvalue weighted by atomic mass is 35.5. The van der Waals surface area contributed by atoms with Crippen LogP contribution in [0.2, 0.25) is 5.02 Å². The van der Waals surface area contributed by atoms with Crippen LogP contribution in [-0.4, -0.2) is 45.8 Å². The monoisotopic (exact) mass is 571 g/mol. The maximum atomic E-state index is 13.1. The van der Waals surface area contributed by atoms with E-state index in [0.717, 1.165) is 79.5 Å². The van der Waals surface area contributed by atoms with Gasteiger partial charge in [0.15, 0.2) is 11.5 Å². The first-order chi connectivity index (χ1) is 20.0. The van der Waals surface area contributed by atoms with Crippen molar-refractivity contribution < 1.29 is 14.3 Å². The summed E-state index contributed by atoms with van der Waals surface area (Å²) in [6.07, 6.45) is 3.42. The summed E-state index contributed by atoms with van der Waals surface area (Å²) in [5.41, 5.74) is 5.33. The zero-order valence-electron chi connectivity index (χ0n) is 23.4. The van der Waals surface area contributed by atoms with Crippen LogP contribution in [0.5, 0.6) is 11.5 Å². The van der Waals surface area contributed by atoms with Gasteiger partial charge in [-0.25, -0.2) is 0 Å². The van der Waals surface area contributed by atoms with Crippen molar-refractivity contribution >= 4 is 23.2 Å². The molecule has 6 rings (SSSR count). The maximum Gasteiger partial charge on any atom is 0.227 e. The first kappa shape index (κ1) is 27.3. The molecule has 3 heterocycles. The number of aromatic nitrogens is 3. The van der Waals surface area contributed by atoms with Crippen molar-refractivity contribution in [1.29, 1.82) is 0 Å². The summed E-state index contributed by atoms with van der Waals surface area (Å²) >= 11 is 6.09. The Balaban J connectivity index is 1.01. The van der Waals surface area contributed by atoms with Crippen molar-refractivity contribution in [3.63, 3.8) is 0 Å². The second-order valence-corrected chi connectivity index (χ2v) is 11.2. The van der Waals surface area contributed by atoms with Crippen molar-refractivity contribution in [2.75, 3.05) is 25.5 Å². The molecule has 0 saturated carbocycles. The number of anilines is 1. The lowest BCUT2D eigenvalue weighted by molar-refractivity contribution is -0.121. The van der Waals surface area contributed by atoms with Gasteiger partial charge in [-0.1, -0.05) is 29.8 Å². The number of likely N-dealkylation sites (tertiary alicyclic amines) is 1. The van der Waals surface area contributed by atoms with E-state index >= 15 is 0 Å². The molecule has 1 fully saturated rings. The van der Waals surface area contributed by atoms with Crippen LogP contribution in [-0.2, 0) is 30.8 Å². The molecule has 1 aromatic heterocycles. The number of carbonyl (C=O) groups excluding carboxylic acids is 1. The summed E-state index contributed by atoms with van der Waals surface area (Å²) in [6, 6.07) is 19.9. The molecule has 0 radical (unpaired) electrons. The Labute approximate surface area is 245 Å². The van der Waals surface area contributed by atoms with Crippen LogP contribution >= 0.6 is 11.6 Å². The summed E-state index contributed by atoms with van der Waals surface area (Å²) in [7, 11) is 1.66. The van der Waals surface area contributed by atoms with Gasteiger partial charge in [-0.15, -0.1) is 10.2 Å². The number of amides is 1. The first-order valence-electron chi connectivity index (χ1n) is 14.1. The van der Waals surface area contributed by atoms with E-state index in [9.17, 15) is 4.79 Å².